The Kier molecular flexibility index (Phi) is 2.16. The van der Waals surface area contributed by atoms with Gasteiger partial charge in [0, 0.05) is 0 Å². The summed E-state index contributed by atoms with van der Waals surface area (Å²) in [6, 6.07) is 7.84. The molecular weight excluding hydrogens is 119 g/mol. The van der Waals surface area contributed by atoms with E-state index < -0.39 is 0 Å². The van der Waals surface area contributed by atoms with Gasteiger partial charge < -0.3 is 9.97 Å². The van der Waals surface area contributed by atoms with Crippen LogP contribution < -0.4 is 18.9 Å². The monoisotopic (exact) mass is 124 g/mol. The zero-order chi connectivity index (χ0) is 6.10. The Labute approximate surface area is 70.8 Å². The van der Waals surface area contributed by atoms with E-state index in [0.717, 1.165) is 11.0 Å². The van der Waals surface area contributed by atoms with Crippen LogP contribution in [-0.2, 0) is 0 Å². The molecule has 1 aromatic heterocycles. The van der Waals surface area contributed by atoms with Crippen molar-refractivity contribution >= 4 is 11.0 Å². The first kappa shape index (κ1) is 7.40. The second-order valence-electron chi connectivity index (χ2n) is 1.87. The van der Waals surface area contributed by atoms with Gasteiger partial charge in [-0.15, -0.1) is 12.1 Å². The first-order valence-electron chi connectivity index (χ1n) is 2.77. The Balaban J connectivity index is 0.000000500. The molecule has 0 unspecified atom stereocenters. The largest absolute Gasteiger partial charge is 1.00 e. The molecule has 1 N–H and O–H groups in total. The van der Waals surface area contributed by atoms with Crippen molar-refractivity contribution in [2.75, 3.05) is 0 Å². The van der Waals surface area contributed by atoms with Crippen LogP contribution in [0.3, 0.4) is 0 Å². The van der Waals surface area contributed by atoms with Crippen LogP contribution in [0.15, 0.2) is 24.3 Å². The molecule has 0 fully saturated rings. The fraction of sp³-hybridized carbons (Fsp3) is 0. The number of aromatic amines is 1. The summed E-state index contributed by atoms with van der Waals surface area (Å²) >= 11 is 0. The number of aromatic nitrogens is 2. The minimum atomic E-state index is 0. The number of fused-ring (bicyclic) bond motifs is 1. The third-order valence-electron chi connectivity index (χ3n) is 1.27. The Morgan fingerprint density at radius 2 is 2.10 bits per heavy atom. The zero-order valence-electron chi connectivity index (χ0n) is 5.76. The predicted molar refractivity (Wildman–Crippen MR) is 34.9 cm³/mol. The maximum absolute atomic E-state index is 3.94. The molecule has 2 rings (SSSR count). The Bertz CT molecular complexity index is 286. The zero-order valence-corrected chi connectivity index (χ0v) is 5.76. The molecule has 0 atom stereocenters. The van der Waals surface area contributed by atoms with E-state index in [4.69, 9.17) is 0 Å². The Morgan fingerprint density at radius 1 is 1.30 bits per heavy atom. The van der Waals surface area contributed by atoms with E-state index in [-0.39, 0.29) is 18.9 Å². The van der Waals surface area contributed by atoms with Crippen LogP contribution in [0, 0.1) is 6.33 Å². The van der Waals surface area contributed by atoms with E-state index in [2.05, 4.69) is 16.3 Å². The second kappa shape index (κ2) is 2.92. The summed E-state index contributed by atoms with van der Waals surface area (Å²) in [6.45, 7) is 0. The van der Waals surface area contributed by atoms with E-state index in [9.17, 15) is 0 Å². The number of hydrogen-bond donors (Lipinski definition) is 1. The van der Waals surface area contributed by atoms with Gasteiger partial charge in [0.25, 0.3) is 0 Å². The molecule has 1 aromatic carbocycles. The number of imidazole rings is 1. The normalized spacial score (nSPS) is 9.20. The fourth-order valence-corrected chi connectivity index (χ4v) is 0.825. The van der Waals surface area contributed by atoms with Gasteiger partial charge in [-0.1, -0.05) is 23.2 Å². The Hall–Kier alpha value is -0.713. The van der Waals surface area contributed by atoms with E-state index in [1.807, 2.05) is 24.3 Å². The molecule has 0 saturated heterocycles. The molecule has 0 saturated carbocycles. The maximum Gasteiger partial charge on any atom is 1.00 e. The fourth-order valence-electron chi connectivity index (χ4n) is 0.825. The molecule has 10 heavy (non-hydrogen) atoms. The van der Waals surface area contributed by atoms with Gasteiger partial charge in [0.1, 0.15) is 0 Å². The summed E-state index contributed by atoms with van der Waals surface area (Å²) in [5.41, 5.74) is 2.01. The molecule has 0 spiro atoms. The van der Waals surface area contributed by atoms with E-state index >= 15 is 0 Å². The van der Waals surface area contributed by atoms with Gasteiger partial charge in [0.2, 0.25) is 0 Å². The van der Waals surface area contributed by atoms with E-state index in [1.54, 1.807) is 0 Å². The standard InChI is InChI=1S/C7H5N2.Li/c1-2-4-7-6(3-1)8-5-9-7;/h1-4H,(H,8,9);/q-1;+1. The second-order valence-corrected chi connectivity index (χ2v) is 1.87. The number of hydrogen-bond acceptors (Lipinski definition) is 1. The van der Waals surface area contributed by atoms with Gasteiger partial charge in [0.15, 0.2) is 0 Å². The number of nitrogens with zero attached hydrogens (tertiary/aromatic N) is 1. The van der Waals surface area contributed by atoms with Crippen LogP contribution in [0.5, 0.6) is 0 Å². The van der Waals surface area contributed by atoms with Gasteiger partial charge in [0.05, 0.1) is 0 Å². The maximum atomic E-state index is 3.94. The van der Waals surface area contributed by atoms with Crippen LogP contribution in [0.1, 0.15) is 0 Å². The number of benzene rings is 1. The molecule has 0 aliphatic carbocycles. The summed E-state index contributed by atoms with van der Waals surface area (Å²) < 4.78 is 0. The topological polar surface area (TPSA) is 28.7 Å². The third kappa shape index (κ3) is 1.09. The number of nitrogens with one attached hydrogen (secondary N) is 1. The molecule has 0 amide bonds. The first-order valence-corrected chi connectivity index (χ1v) is 2.77. The van der Waals surface area contributed by atoms with Crippen molar-refractivity contribution < 1.29 is 18.9 Å². The smallest absolute Gasteiger partial charge is 0.461 e. The quantitative estimate of drug-likeness (QED) is 0.331. The average Bonchev–Trinajstić information content (AvgIpc) is 2.33. The van der Waals surface area contributed by atoms with Crippen molar-refractivity contribution in [3.8, 4) is 0 Å². The molecule has 0 aliphatic rings. The molecular formula is C7H5LiN2. The Morgan fingerprint density at radius 3 is 2.90 bits per heavy atom. The summed E-state index contributed by atoms with van der Waals surface area (Å²) in [5, 5.41) is 0. The van der Waals surface area contributed by atoms with Gasteiger partial charge >= 0.3 is 18.9 Å². The molecule has 0 bridgehead atoms. The first-order chi connectivity index (χ1) is 4.47. The van der Waals surface area contributed by atoms with Crippen molar-refractivity contribution in [3.63, 3.8) is 0 Å². The van der Waals surface area contributed by atoms with Gasteiger partial charge in [-0.2, -0.15) is 0 Å². The van der Waals surface area contributed by atoms with Crippen molar-refractivity contribution in [3.05, 3.63) is 30.6 Å². The van der Waals surface area contributed by atoms with Crippen LogP contribution in [0.4, 0.5) is 0 Å². The summed E-state index contributed by atoms with van der Waals surface area (Å²) in [6.07, 6.45) is 2.66. The van der Waals surface area contributed by atoms with Crippen molar-refractivity contribution in [2.24, 2.45) is 0 Å². The number of H-pyrrole nitrogens is 1. The molecule has 0 radical (unpaired) electrons. The van der Waals surface area contributed by atoms with Crippen molar-refractivity contribution in [1.82, 2.24) is 9.97 Å². The van der Waals surface area contributed by atoms with Gasteiger partial charge in [-0.3, -0.25) is 0 Å². The predicted octanol–water partition coefficient (Wildman–Crippen LogP) is -1.63. The summed E-state index contributed by atoms with van der Waals surface area (Å²) in [5.74, 6) is 0. The van der Waals surface area contributed by atoms with Crippen LogP contribution in [-0.4, -0.2) is 9.97 Å². The van der Waals surface area contributed by atoms with Crippen molar-refractivity contribution in [2.45, 2.75) is 0 Å². The van der Waals surface area contributed by atoms with E-state index in [1.165, 1.54) is 0 Å². The minimum Gasteiger partial charge on any atom is -0.461 e. The van der Waals surface area contributed by atoms with Crippen LogP contribution in [0.25, 0.3) is 11.0 Å². The molecule has 3 heteroatoms. The minimum absolute atomic E-state index is 0. The SMILES string of the molecule is [Li+].[c-]1nc2ccccc2[nH]1. The third-order valence-corrected chi connectivity index (χ3v) is 1.27. The molecule has 2 nitrogen and oxygen atoms in total. The van der Waals surface area contributed by atoms with Gasteiger partial charge in [-0.05, 0) is 6.33 Å². The molecule has 2 aromatic rings. The summed E-state index contributed by atoms with van der Waals surface area (Å²) in [4.78, 5) is 6.82. The van der Waals surface area contributed by atoms with Crippen LogP contribution in [0.2, 0.25) is 0 Å². The molecule has 1 heterocycles. The van der Waals surface area contributed by atoms with E-state index in [0.29, 0.717) is 0 Å². The van der Waals surface area contributed by atoms with Crippen LogP contribution >= 0.6 is 0 Å². The number of para-hydroxylation sites is 2. The molecule has 0 aliphatic heterocycles. The average molecular weight is 124 g/mol. The van der Waals surface area contributed by atoms with Crippen molar-refractivity contribution in [1.29, 1.82) is 0 Å². The number of rotatable bonds is 0. The molecule has 44 valence electrons. The van der Waals surface area contributed by atoms with Gasteiger partial charge in [-0.25, -0.2) is 0 Å². The summed E-state index contributed by atoms with van der Waals surface area (Å²) in [7, 11) is 0.